The maximum atomic E-state index is 10.9. The number of hydrogen-bond acceptors (Lipinski definition) is 2. The molecule has 0 aromatic heterocycles. The third-order valence-electron chi connectivity index (χ3n) is 4.89. The summed E-state index contributed by atoms with van der Waals surface area (Å²) in [4.78, 5) is 10.9. The second-order valence-corrected chi connectivity index (χ2v) is 12.2. The number of hydrogen-bond donors (Lipinski definition) is 0. The van der Waals surface area contributed by atoms with Crippen LogP contribution in [0.25, 0.3) is 0 Å². The summed E-state index contributed by atoms with van der Waals surface area (Å²) >= 11 is 1.75. The second kappa shape index (κ2) is 42.9. The lowest BCUT2D eigenvalue weighted by atomic mass is 9.89. The molecule has 1 aromatic carbocycles. The number of benzene rings is 1. The molecule has 0 N–H and O–H groups in total. The molecule has 43 heavy (non-hydrogen) atoms. The van der Waals surface area contributed by atoms with E-state index in [1.54, 1.807) is 35.4 Å². The fourth-order valence-electron chi connectivity index (χ4n) is 3.39. The topological polar surface area (TPSA) is 17.1 Å². The molecule has 0 fully saturated rings. The average molecular weight is 625 g/mol. The first-order valence-corrected chi connectivity index (χ1v) is 19.0. The van der Waals surface area contributed by atoms with Gasteiger partial charge in [0.05, 0.1) is 0 Å². The van der Waals surface area contributed by atoms with Crippen molar-refractivity contribution in [3.05, 3.63) is 57.7 Å². The lowest BCUT2D eigenvalue weighted by molar-refractivity contribution is -0.116. The number of rotatable bonds is 8. The van der Waals surface area contributed by atoms with Crippen molar-refractivity contribution >= 4 is 17.5 Å². The zero-order valence-electron chi connectivity index (χ0n) is 34.2. The molecule has 0 aliphatic rings. The Bertz CT molecular complexity index is 735. The van der Waals surface area contributed by atoms with Crippen LogP contribution in [-0.2, 0) is 17.6 Å². The van der Waals surface area contributed by atoms with Gasteiger partial charge in [-0.2, -0.15) is 11.8 Å². The predicted octanol–water partition coefficient (Wildman–Crippen LogP) is 15.1. The van der Waals surface area contributed by atoms with Crippen LogP contribution in [0.5, 0.6) is 0 Å². The fourth-order valence-corrected chi connectivity index (χ4v) is 3.39. The molecule has 1 aromatic rings. The summed E-state index contributed by atoms with van der Waals surface area (Å²) in [6, 6.07) is 6.83. The van der Waals surface area contributed by atoms with Gasteiger partial charge in [-0.3, -0.25) is 4.79 Å². The zero-order valence-corrected chi connectivity index (χ0v) is 35.1. The summed E-state index contributed by atoms with van der Waals surface area (Å²) in [6.45, 7) is 43.6. The van der Waals surface area contributed by atoms with Gasteiger partial charge in [0.1, 0.15) is 5.78 Å². The number of allylic oxidation sites excluding steroid dienone is 4. The van der Waals surface area contributed by atoms with E-state index in [2.05, 4.69) is 73.6 Å². The van der Waals surface area contributed by atoms with Gasteiger partial charge in [-0.25, -0.2) is 0 Å². The van der Waals surface area contributed by atoms with E-state index >= 15 is 0 Å². The van der Waals surface area contributed by atoms with Gasteiger partial charge >= 0.3 is 0 Å². The average Bonchev–Trinajstić information content (AvgIpc) is 2.96. The number of ketones is 1. The van der Waals surface area contributed by atoms with E-state index in [9.17, 15) is 4.79 Å². The third kappa shape index (κ3) is 45.3. The Kier molecular flexibility index (Phi) is 57.2. The maximum absolute atomic E-state index is 10.9. The minimum atomic E-state index is 0.229. The Morgan fingerprint density at radius 2 is 1.16 bits per heavy atom. The molecular weight excluding hydrogens is 541 g/mol. The smallest absolute Gasteiger partial charge is 0.134 e. The summed E-state index contributed by atoms with van der Waals surface area (Å²) < 4.78 is 0. The van der Waals surface area contributed by atoms with Crippen LogP contribution in [0, 0.1) is 5.41 Å². The standard InChI is InChI=1S/C15H24.C11H18O.C5H12.C2H6S.4C2H6/c1-5-8-13-10-7-11-14(12(3)4)15(13)9-6-2;1-6-9(4)11(8(2)3)7-10(5)12;1-5(2,3)4;1-3-2;4*1-2/h7,10-12H,5-6,8-9H2,1-4H3;6H,7H2,1-5H3;1-4H3;1-2H3;4*1-2H3/b;9-6-;;;;;;. The minimum absolute atomic E-state index is 0.229. The second-order valence-electron chi connectivity index (χ2n) is 11.4. The van der Waals surface area contributed by atoms with E-state index in [0.29, 0.717) is 17.8 Å². The molecule has 260 valence electrons. The Balaban J connectivity index is -0.0000000823. The monoisotopic (exact) mass is 625 g/mol. The van der Waals surface area contributed by atoms with Crippen LogP contribution < -0.4 is 0 Å². The molecule has 0 heterocycles. The molecule has 0 amide bonds. The van der Waals surface area contributed by atoms with Crippen LogP contribution in [0.15, 0.2) is 41.0 Å². The third-order valence-corrected chi connectivity index (χ3v) is 4.89. The van der Waals surface area contributed by atoms with E-state index < -0.39 is 0 Å². The molecular formula is C41H84OS. The SMILES string of the molecule is C/C=C(/C)C(CC(C)=O)=C(C)C.CC.CC.CC.CC.CC(C)(C)C.CCCc1cccc(C(C)C)c1CCC.CSC. The quantitative estimate of drug-likeness (QED) is 0.268. The molecule has 0 radical (unpaired) electrons. The van der Waals surface area contributed by atoms with E-state index in [1.807, 2.05) is 102 Å². The van der Waals surface area contributed by atoms with Crippen molar-refractivity contribution in [1.29, 1.82) is 0 Å². The van der Waals surface area contributed by atoms with Crippen molar-refractivity contribution in [2.24, 2.45) is 5.41 Å². The Morgan fingerprint density at radius 3 is 1.42 bits per heavy atom. The van der Waals surface area contributed by atoms with E-state index in [4.69, 9.17) is 0 Å². The Morgan fingerprint density at radius 1 is 0.791 bits per heavy atom. The zero-order chi connectivity index (χ0) is 36.2. The van der Waals surface area contributed by atoms with Crippen LogP contribution >= 0.6 is 11.8 Å². The lowest BCUT2D eigenvalue weighted by Crippen LogP contribution is -2.01. The maximum Gasteiger partial charge on any atom is 0.134 e. The van der Waals surface area contributed by atoms with Crippen molar-refractivity contribution in [2.75, 3.05) is 12.5 Å². The van der Waals surface area contributed by atoms with Gasteiger partial charge < -0.3 is 0 Å². The van der Waals surface area contributed by atoms with Gasteiger partial charge in [0.25, 0.3) is 0 Å². The van der Waals surface area contributed by atoms with Gasteiger partial charge in [0.15, 0.2) is 0 Å². The molecule has 0 bridgehead atoms. The molecule has 0 spiro atoms. The number of carbonyl (C=O) groups is 1. The number of Topliss-reactive ketones (excluding diaryl/α,β-unsaturated/α-hetero) is 1. The number of aryl methyl sites for hydroxylation is 1. The summed E-state index contributed by atoms with van der Waals surface area (Å²) in [7, 11) is 0. The molecule has 0 atom stereocenters. The van der Waals surface area contributed by atoms with Gasteiger partial charge in [-0.15, -0.1) is 0 Å². The normalized spacial score (nSPS) is 9.35. The molecule has 0 aliphatic heterocycles. The van der Waals surface area contributed by atoms with E-state index in [0.717, 1.165) is 0 Å². The van der Waals surface area contributed by atoms with E-state index in [1.165, 1.54) is 42.4 Å². The highest BCUT2D eigenvalue weighted by Crippen LogP contribution is 2.25. The highest BCUT2D eigenvalue weighted by molar-refractivity contribution is 7.97. The molecule has 0 aliphatic carbocycles. The molecule has 0 unspecified atom stereocenters. The highest BCUT2D eigenvalue weighted by atomic mass is 32.2. The number of carbonyl (C=O) groups excluding carboxylic acids is 1. The lowest BCUT2D eigenvalue weighted by Gasteiger charge is -2.16. The van der Waals surface area contributed by atoms with Crippen LogP contribution in [0.4, 0.5) is 0 Å². The van der Waals surface area contributed by atoms with Crippen molar-refractivity contribution in [3.63, 3.8) is 0 Å². The Hall–Kier alpha value is -1.28. The highest BCUT2D eigenvalue weighted by Gasteiger charge is 2.09. The van der Waals surface area contributed by atoms with Crippen molar-refractivity contribution in [1.82, 2.24) is 0 Å². The van der Waals surface area contributed by atoms with Gasteiger partial charge in [0.2, 0.25) is 0 Å². The van der Waals surface area contributed by atoms with Crippen LogP contribution in [0.1, 0.15) is 187 Å². The summed E-state index contributed by atoms with van der Waals surface area (Å²) in [6.07, 6.45) is 11.7. The number of thioether (sulfide) groups is 1. The van der Waals surface area contributed by atoms with E-state index in [-0.39, 0.29) is 5.78 Å². The predicted molar refractivity (Wildman–Crippen MR) is 212 cm³/mol. The summed E-state index contributed by atoms with van der Waals surface area (Å²) in [5.41, 5.74) is 8.89. The first-order chi connectivity index (χ1) is 20.1. The molecule has 1 nitrogen and oxygen atoms in total. The van der Waals surface area contributed by atoms with Crippen LogP contribution in [0.3, 0.4) is 0 Å². The molecule has 0 saturated carbocycles. The van der Waals surface area contributed by atoms with Crippen LogP contribution in [0.2, 0.25) is 0 Å². The van der Waals surface area contributed by atoms with Crippen molar-refractivity contribution in [3.8, 4) is 0 Å². The minimum Gasteiger partial charge on any atom is -0.300 e. The Labute approximate surface area is 280 Å². The summed E-state index contributed by atoms with van der Waals surface area (Å²) in [5, 5.41) is 0. The summed E-state index contributed by atoms with van der Waals surface area (Å²) in [5.74, 6) is 0.885. The fraction of sp³-hybridized carbons (Fsp3) is 0.732. The van der Waals surface area contributed by atoms with Gasteiger partial charge in [-0.1, -0.05) is 159 Å². The largest absolute Gasteiger partial charge is 0.300 e. The van der Waals surface area contributed by atoms with Gasteiger partial charge in [-0.05, 0) is 93.6 Å². The molecule has 1 rings (SSSR count). The first-order valence-electron chi connectivity index (χ1n) is 17.4. The van der Waals surface area contributed by atoms with Crippen LogP contribution in [-0.4, -0.2) is 18.3 Å². The van der Waals surface area contributed by atoms with Gasteiger partial charge in [0, 0.05) is 6.42 Å². The van der Waals surface area contributed by atoms with Crippen molar-refractivity contribution < 1.29 is 4.79 Å². The molecule has 0 saturated heterocycles. The molecule has 2 heteroatoms. The van der Waals surface area contributed by atoms with Crippen molar-refractivity contribution in [2.45, 2.75) is 183 Å². The first kappa shape index (κ1) is 57.4.